The van der Waals surface area contributed by atoms with Crippen LogP contribution in [0.3, 0.4) is 0 Å². The number of nitrogens with zero attached hydrogens (tertiary/aromatic N) is 4. The summed E-state index contributed by atoms with van der Waals surface area (Å²) >= 11 is 0. The summed E-state index contributed by atoms with van der Waals surface area (Å²) < 4.78 is 13.4. The highest BCUT2D eigenvalue weighted by atomic mass is 19.1. The smallest absolute Gasteiger partial charge is 0.240 e. The van der Waals surface area contributed by atoms with E-state index >= 15 is 0 Å². The lowest BCUT2D eigenvalue weighted by Crippen LogP contribution is -2.45. The summed E-state index contributed by atoms with van der Waals surface area (Å²) in [5.74, 6) is -0.0389. The van der Waals surface area contributed by atoms with E-state index in [1.165, 1.54) is 12.3 Å². The van der Waals surface area contributed by atoms with Crippen molar-refractivity contribution < 1.29 is 9.18 Å². The minimum atomic E-state index is -0.304. The molecule has 6 heteroatoms. The first-order valence-electron chi connectivity index (χ1n) is 8.46. The molecule has 0 spiro atoms. The summed E-state index contributed by atoms with van der Waals surface area (Å²) in [5, 5.41) is 0. The van der Waals surface area contributed by atoms with Crippen molar-refractivity contribution >= 4 is 11.6 Å². The van der Waals surface area contributed by atoms with Crippen LogP contribution in [0.1, 0.15) is 26.7 Å². The summed E-state index contributed by atoms with van der Waals surface area (Å²) in [7, 11) is 0. The third kappa shape index (κ3) is 3.47. The monoisotopic (exact) mass is 320 g/mol. The van der Waals surface area contributed by atoms with Crippen LogP contribution in [0.5, 0.6) is 0 Å². The van der Waals surface area contributed by atoms with Crippen LogP contribution in [-0.2, 0) is 4.79 Å². The first-order valence-corrected chi connectivity index (χ1v) is 8.46. The third-order valence-electron chi connectivity index (χ3n) is 4.86. The molecule has 1 amide bonds. The number of halogens is 1. The standard InChI is InChI=1S/C17H25FN4O/c1-13(2)22-7-4-16(17(22)23)21-6-3-5-20(8-9-21)15-10-14(18)11-19-12-15/h10-13,16H,3-9H2,1-2H3. The number of pyridine rings is 1. The number of anilines is 1. The number of aromatic nitrogens is 1. The van der Waals surface area contributed by atoms with E-state index in [9.17, 15) is 9.18 Å². The molecule has 0 saturated carbocycles. The fraction of sp³-hybridized carbons (Fsp3) is 0.647. The van der Waals surface area contributed by atoms with Gasteiger partial charge in [-0.2, -0.15) is 0 Å². The molecule has 2 fully saturated rings. The molecule has 0 aromatic carbocycles. The van der Waals surface area contributed by atoms with E-state index in [1.54, 1.807) is 6.20 Å². The topological polar surface area (TPSA) is 39.7 Å². The predicted molar refractivity (Wildman–Crippen MR) is 87.9 cm³/mol. The number of amides is 1. The molecule has 1 atom stereocenters. The molecule has 2 aliphatic heterocycles. The fourth-order valence-corrected chi connectivity index (χ4v) is 3.62. The van der Waals surface area contributed by atoms with Crippen LogP contribution in [-0.4, -0.2) is 65.5 Å². The molecule has 3 rings (SSSR count). The van der Waals surface area contributed by atoms with Crippen LogP contribution < -0.4 is 4.90 Å². The highest BCUT2D eigenvalue weighted by Crippen LogP contribution is 2.22. The quantitative estimate of drug-likeness (QED) is 0.850. The fourth-order valence-electron chi connectivity index (χ4n) is 3.62. The van der Waals surface area contributed by atoms with Crippen molar-refractivity contribution in [2.75, 3.05) is 37.6 Å². The molecule has 0 bridgehead atoms. The van der Waals surface area contributed by atoms with E-state index in [1.807, 2.05) is 4.90 Å². The Morgan fingerprint density at radius 1 is 1.17 bits per heavy atom. The van der Waals surface area contributed by atoms with Gasteiger partial charge in [-0.15, -0.1) is 0 Å². The maximum Gasteiger partial charge on any atom is 0.240 e. The molecule has 5 nitrogen and oxygen atoms in total. The zero-order chi connectivity index (χ0) is 16.4. The molecule has 2 aliphatic rings. The normalized spacial score (nSPS) is 23.7. The average molecular weight is 320 g/mol. The van der Waals surface area contributed by atoms with Gasteiger partial charge >= 0.3 is 0 Å². The number of carbonyl (C=O) groups is 1. The number of hydrogen-bond acceptors (Lipinski definition) is 4. The van der Waals surface area contributed by atoms with Crippen LogP contribution >= 0.6 is 0 Å². The third-order valence-corrected chi connectivity index (χ3v) is 4.86. The Kier molecular flexibility index (Phi) is 4.80. The summed E-state index contributed by atoms with van der Waals surface area (Å²) in [5.41, 5.74) is 0.827. The van der Waals surface area contributed by atoms with Gasteiger partial charge in [-0.1, -0.05) is 0 Å². The van der Waals surface area contributed by atoms with Crippen molar-refractivity contribution in [3.8, 4) is 0 Å². The van der Waals surface area contributed by atoms with Gasteiger partial charge in [0.05, 0.1) is 24.1 Å². The second kappa shape index (κ2) is 6.83. The molecule has 1 aromatic heterocycles. The number of carbonyl (C=O) groups excluding carboxylic acids is 1. The largest absolute Gasteiger partial charge is 0.369 e. The lowest BCUT2D eigenvalue weighted by Gasteiger charge is -2.28. The van der Waals surface area contributed by atoms with Crippen molar-refractivity contribution in [2.24, 2.45) is 0 Å². The lowest BCUT2D eigenvalue weighted by molar-refractivity contribution is -0.133. The Balaban J connectivity index is 1.64. The van der Waals surface area contributed by atoms with Crippen molar-refractivity contribution in [1.82, 2.24) is 14.8 Å². The van der Waals surface area contributed by atoms with E-state index in [-0.39, 0.29) is 23.8 Å². The van der Waals surface area contributed by atoms with Gasteiger partial charge in [0.15, 0.2) is 0 Å². The maximum atomic E-state index is 13.4. The van der Waals surface area contributed by atoms with Crippen LogP contribution in [0.25, 0.3) is 0 Å². The van der Waals surface area contributed by atoms with Crippen LogP contribution in [0, 0.1) is 5.82 Å². The molecule has 3 heterocycles. The van der Waals surface area contributed by atoms with Crippen LogP contribution in [0.2, 0.25) is 0 Å². The van der Waals surface area contributed by atoms with E-state index in [4.69, 9.17) is 0 Å². The minimum absolute atomic E-state index is 0.0167. The Hall–Kier alpha value is -1.69. The summed E-state index contributed by atoms with van der Waals surface area (Å²) in [6.07, 6.45) is 4.83. The molecule has 0 radical (unpaired) electrons. The first kappa shape index (κ1) is 16.2. The zero-order valence-electron chi connectivity index (χ0n) is 13.9. The highest BCUT2D eigenvalue weighted by Gasteiger charge is 2.37. The van der Waals surface area contributed by atoms with Gasteiger partial charge in [0.25, 0.3) is 0 Å². The predicted octanol–water partition coefficient (Wildman–Crippen LogP) is 1.74. The number of rotatable bonds is 3. The highest BCUT2D eigenvalue weighted by molar-refractivity contribution is 5.84. The van der Waals surface area contributed by atoms with Crippen molar-refractivity contribution in [1.29, 1.82) is 0 Å². The molecule has 23 heavy (non-hydrogen) atoms. The summed E-state index contributed by atoms with van der Waals surface area (Å²) in [6, 6.07) is 1.82. The minimum Gasteiger partial charge on any atom is -0.369 e. The number of hydrogen-bond donors (Lipinski definition) is 0. The second-order valence-electron chi connectivity index (χ2n) is 6.67. The first-order chi connectivity index (χ1) is 11.1. The lowest BCUT2D eigenvalue weighted by atomic mass is 10.2. The Morgan fingerprint density at radius 3 is 2.70 bits per heavy atom. The maximum absolute atomic E-state index is 13.4. The van der Waals surface area contributed by atoms with E-state index in [2.05, 4.69) is 28.6 Å². The van der Waals surface area contributed by atoms with E-state index in [0.717, 1.165) is 51.3 Å². The molecule has 1 unspecified atom stereocenters. The number of likely N-dealkylation sites (tertiary alicyclic amines) is 1. The van der Waals surface area contributed by atoms with Gasteiger partial charge < -0.3 is 9.80 Å². The average Bonchev–Trinajstić information content (AvgIpc) is 2.75. The van der Waals surface area contributed by atoms with E-state index < -0.39 is 0 Å². The van der Waals surface area contributed by atoms with Gasteiger partial charge in [-0.05, 0) is 26.7 Å². The van der Waals surface area contributed by atoms with Gasteiger partial charge in [0.2, 0.25) is 5.91 Å². The SMILES string of the molecule is CC(C)N1CCC(N2CCCN(c3cncc(F)c3)CC2)C1=O. The van der Waals surface area contributed by atoms with Gasteiger partial charge in [-0.3, -0.25) is 14.7 Å². The molecule has 1 aromatic rings. The molecular formula is C17H25FN4O. The molecule has 0 aliphatic carbocycles. The molecule has 2 saturated heterocycles. The Labute approximate surface area is 137 Å². The van der Waals surface area contributed by atoms with Gasteiger partial charge in [-0.25, -0.2) is 4.39 Å². The van der Waals surface area contributed by atoms with Crippen molar-refractivity contribution in [2.45, 2.75) is 38.8 Å². The zero-order valence-corrected chi connectivity index (χ0v) is 13.9. The molecule has 0 N–H and O–H groups in total. The van der Waals surface area contributed by atoms with Crippen LogP contribution in [0.15, 0.2) is 18.5 Å². The molecular weight excluding hydrogens is 295 g/mol. The van der Waals surface area contributed by atoms with Crippen LogP contribution in [0.4, 0.5) is 10.1 Å². The van der Waals surface area contributed by atoms with Gasteiger partial charge in [0, 0.05) is 44.8 Å². The summed E-state index contributed by atoms with van der Waals surface area (Å²) in [6.45, 7) is 8.42. The van der Waals surface area contributed by atoms with Crippen molar-refractivity contribution in [3.05, 3.63) is 24.3 Å². The Bertz CT molecular complexity index is 565. The summed E-state index contributed by atoms with van der Waals surface area (Å²) in [4.78, 5) is 22.9. The molecule has 126 valence electrons. The second-order valence-corrected chi connectivity index (χ2v) is 6.67. The van der Waals surface area contributed by atoms with Crippen molar-refractivity contribution in [3.63, 3.8) is 0 Å². The Morgan fingerprint density at radius 2 is 2.00 bits per heavy atom. The van der Waals surface area contributed by atoms with Gasteiger partial charge in [0.1, 0.15) is 5.82 Å². The van der Waals surface area contributed by atoms with E-state index in [0.29, 0.717) is 0 Å².